The van der Waals surface area contributed by atoms with Crippen LogP contribution in [-0.4, -0.2) is 216 Å². The van der Waals surface area contributed by atoms with Crippen molar-refractivity contribution in [1.82, 2.24) is 40.0 Å². The molecule has 0 saturated carbocycles. The summed E-state index contributed by atoms with van der Waals surface area (Å²) >= 11 is 1.23. The maximum absolute atomic E-state index is 15.5. The average Bonchev–Trinajstić information content (AvgIpc) is 1.55. The summed E-state index contributed by atoms with van der Waals surface area (Å²) in [4.78, 5) is 129. The van der Waals surface area contributed by atoms with E-state index < -0.39 is 89.3 Å². The average molecular weight is 1300 g/mol. The summed E-state index contributed by atoms with van der Waals surface area (Å²) in [7, 11) is 1.71. The molecule has 6 aliphatic rings. The molecule has 8 heterocycles. The first-order chi connectivity index (χ1) is 43.6. The molecule has 2 aromatic rings. The molecular formula is C66H90N8O17S. The van der Waals surface area contributed by atoms with E-state index in [9.17, 15) is 33.6 Å². The van der Waals surface area contributed by atoms with Crippen LogP contribution in [0.5, 0.6) is 0 Å². The minimum absolute atomic E-state index is 0.0766. The number of hydrogen-bond donors (Lipinski definition) is 3. The lowest BCUT2D eigenvalue weighted by molar-refractivity contribution is -0.237. The van der Waals surface area contributed by atoms with Gasteiger partial charge in [0.25, 0.3) is 11.8 Å². The summed E-state index contributed by atoms with van der Waals surface area (Å²) in [6.45, 7) is 26.1. The number of H-pyrrole nitrogens is 2. The van der Waals surface area contributed by atoms with Crippen molar-refractivity contribution in [2.75, 3.05) is 91.7 Å². The van der Waals surface area contributed by atoms with Gasteiger partial charge in [-0.3, -0.25) is 43.4 Å². The summed E-state index contributed by atoms with van der Waals surface area (Å²) in [5, 5.41) is 2.70. The molecule has 25 nitrogen and oxygen atoms in total. The molecule has 0 aliphatic carbocycles. The van der Waals surface area contributed by atoms with Crippen molar-refractivity contribution in [2.24, 2.45) is 0 Å². The van der Waals surface area contributed by atoms with Crippen LogP contribution in [0.2, 0.25) is 0 Å². The number of aromatic nitrogens is 4. The van der Waals surface area contributed by atoms with E-state index in [1.54, 1.807) is 32.7 Å². The zero-order chi connectivity index (χ0) is 66.9. The number of alkyl carbamates (subject to hydrolysis) is 1. The summed E-state index contributed by atoms with van der Waals surface area (Å²) in [5.74, 6) is -4.22. The molecule has 0 radical (unpaired) electrons. The molecule has 0 spiro atoms. The van der Waals surface area contributed by atoms with Gasteiger partial charge < -0.3 is 62.8 Å². The second kappa shape index (κ2) is 31.1. The number of rotatable bonds is 25. The van der Waals surface area contributed by atoms with Crippen LogP contribution in [0.3, 0.4) is 0 Å². The van der Waals surface area contributed by atoms with E-state index in [4.69, 9.17) is 52.6 Å². The Kier molecular flexibility index (Phi) is 23.9. The fourth-order valence-corrected chi connectivity index (χ4v) is 13.5. The minimum atomic E-state index is -1.31. The normalized spacial score (nSPS) is 21.6. The van der Waals surface area contributed by atoms with Gasteiger partial charge in [-0.05, 0) is 114 Å². The van der Waals surface area contributed by atoms with E-state index in [0.29, 0.717) is 115 Å². The number of thioether (sulfide) groups is 1. The Morgan fingerprint density at radius 1 is 0.815 bits per heavy atom. The number of nitrogens with zero attached hydrogens (tertiary/aromatic N) is 5. The fraction of sp³-hybridized carbons (Fsp3) is 0.606. The van der Waals surface area contributed by atoms with Crippen molar-refractivity contribution in [3.05, 3.63) is 69.1 Å². The molecule has 26 heteroatoms. The fourth-order valence-electron chi connectivity index (χ4n) is 12.4. The van der Waals surface area contributed by atoms with E-state index in [1.165, 1.54) is 30.5 Å². The number of morpholine rings is 1. The molecule has 2 aromatic heterocycles. The smallest absolute Gasteiger partial charge is 0.407 e. The van der Waals surface area contributed by atoms with Crippen LogP contribution < -0.4 is 5.32 Å². The van der Waals surface area contributed by atoms with Crippen molar-refractivity contribution < 1.29 is 81.0 Å². The van der Waals surface area contributed by atoms with Crippen molar-refractivity contribution >= 4 is 92.8 Å². The van der Waals surface area contributed by atoms with Gasteiger partial charge in [0.15, 0.2) is 18.3 Å². The first kappa shape index (κ1) is 70.6. The number of hydrogen-bond acceptors (Lipinski definition) is 21. The first-order valence-corrected chi connectivity index (χ1v) is 32.7. The van der Waals surface area contributed by atoms with Crippen LogP contribution >= 0.6 is 11.8 Å². The minimum Gasteiger partial charge on any atom is -0.463 e. The topological polar surface area (TPSA) is 299 Å². The van der Waals surface area contributed by atoms with E-state index in [1.807, 2.05) is 45.9 Å². The van der Waals surface area contributed by atoms with Crippen LogP contribution in [0, 0.1) is 6.92 Å². The van der Waals surface area contributed by atoms with Crippen LogP contribution in [-0.2, 0) is 66.6 Å². The van der Waals surface area contributed by atoms with Gasteiger partial charge in [0.05, 0.1) is 78.6 Å². The number of amides is 4. The summed E-state index contributed by atoms with van der Waals surface area (Å²) < 4.78 is 51.6. The molecule has 0 aromatic carbocycles. The highest BCUT2D eigenvalue weighted by atomic mass is 32.2. The molecule has 8 atom stereocenters. The molecule has 3 N–H and O–H groups in total. The lowest BCUT2D eigenvalue weighted by Gasteiger charge is -2.44. The molecule has 8 bridgehead atoms. The Balaban J connectivity index is 1.11. The predicted molar refractivity (Wildman–Crippen MR) is 342 cm³/mol. The van der Waals surface area contributed by atoms with Crippen molar-refractivity contribution in [3.63, 3.8) is 0 Å². The highest BCUT2D eigenvalue weighted by Crippen LogP contribution is 2.46. The quantitative estimate of drug-likeness (QED) is 0.0369. The number of fused-ring (bicyclic) bond motifs is 8. The third-order valence-electron chi connectivity index (χ3n) is 17.0. The Bertz CT molecular complexity index is 3420. The number of allylic oxidation sites excluding steroid dienone is 3. The number of esters is 4. The summed E-state index contributed by atoms with van der Waals surface area (Å²) in [5.41, 5.74) is 8.62. The predicted octanol–water partition coefficient (Wildman–Crippen LogP) is 7.82. The second-order valence-corrected chi connectivity index (χ2v) is 26.0. The van der Waals surface area contributed by atoms with Gasteiger partial charge in [0, 0.05) is 115 Å². The zero-order valence-corrected chi connectivity index (χ0v) is 56.3. The SMILES string of the molecule is CCC1=C(C)c2cc3nc(cc4[nH]c(c5c6[nH]c(cc1n2)c(C)c6C(=O)N(CCN1CCOCC1)C5=O)[C@@H](CCC(=O)N(C)CCCS[C@@H]1O[C@H](COC(C)=O)[C@@H](OC(C)=O)[C@H](OC(C)=O)[C@H]1OC(C)=O)[C@@H]4C)C(C)=C3C(C)OCCOCCNC(=O)OC(C)(C)C. The number of aromatic amines is 2. The van der Waals surface area contributed by atoms with E-state index >= 15 is 4.79 Å². The molecule has 4 amide bonds. The van der Waals surface area contributed by atoms with Crippen LogP contribution in [0.1, 0.15) is 181 Å². The van der Waals surface area contributed by atoms with Gasteiger partial charge in [-0.15, -0.1) is 11.8 Å². The number of ether oxygens (including phenoxy) is 9. The molecule has 1 unspecified atom stereocenters. The Morgan fingerprint density at radius 2 is 1.48 bits per heavy atom. The van der Waals surface area contributed by atoms with Crippen LogP contribution in [0.4, 0.5) is 4.79 Å². The standard InChI is InChI=1S/C66H90N8O17S/c1-15-44-35(2)46-33-51-54(39(6)85-29-28-83-25-19-67-65(82)91-66(11,12)13)37(4)48(69-51)31-47-36(3)45(57(70-47)56-58-55(38(5)49(71-58)32-50(44)68-46)62(80)74(63(56)81)22-21-73-23-26-84-27-24-73)17-18-53(79)72(14)20-16-30-92-64-61(89-43(10)78)60(88-42(9)77)59(87-41(8)76)52(90-64)34-86-40(7)75/h31-33,36,39,45,52,59-61,64,70-71H,15-30,34H2,1-14H3,(H,67,82)/t36-,39?,45-,52+,59+,60-,61+,64-/m0/s1. The van der Waals surface area contributed by atoms with Gasteiger partial charge in [-0.1, -0.05) is 13.8 Å². The maximum Gasteiger partial charge on any atom is 0.407 e. The van der Waals surface area contributed by atoms with E-state index in [2.05, 4.69) is 34.0 Å². The van der Waals surface area contributed by atoms with Gasteiger partial charge in [0.1, 0.15) is 23.7 Å². The monoisotopic (exact) mass is 1300 g/mol. The van der Waals surface area contributed by atoms with Crippen molar-refractivity contribution in [2.45, 2.75) is 169 Å². The molecule has 2 saturated heterocycles. The summed E-state index contributed by atoms with van der Waals surface area (Å²) in [6, 6.07) is 5.95. The number of aryl methyl sites for hydroxylation is 1. The van der Waals surface area contributed by atoms with Gasteiger partial charge in [0.2, 0.25) is 5.91 Å². The van der Waals surface area contributed by atoms with Crippen molar-refractivity contribution in [3.8, 4) is 0 Å². The number of nitrogens with one attached hydrogen (secondary N) is 3. The molecular weight excluding hydrogens is 1210 g/mol. The lowest BCUT2D eigenvalue weighted by atomic mass is 9.84. The van der Waals surface area contributed by atoms with E-state index in [0.717, 1.165) is 47.5 Å². The highest BCUT2D eigenvalue weighted by Gasteiger charge is 2.52. The third-order valence-corrected chi connectivity index (χ3v) is 18.2. The Hall–Kier alpha value is -7.23. The van der Waals surface area contributed by atoms with Crippen molar-refractivity contribution in [1.29, 1.82) is 0 Å². The molecule has 8 rings (SSSR count). The Morgan fingerprint density at radius 3 is 2.15 bits per heavy atom. The van der Waals surface area contributed by atoms with Crippen LogP contribution in [0.25, 0.3) is 33.3 Å². The van der Waals surface area contributed by atoms with Gasteiger partial charge in [-0.25, -0.2) is 14.8 Å². The first-order valence-electron chi connectivity index (χ1n) is 31.6. The van der Waals surface area contributed by atoms with Gasteiger partial charge >= 0.3 is 30.0 Å². The maximum atomic E-state index is 15.5. The van der Waals surface area contributed by atoms with Crippen LogP contribution in [0.15, 0.2) is 18.2 Å². The third kappa shape index (κ3) is 17.1. The Labute approximate surface area is 541 Å². The molecule has 502 valence electrons. The summed E-state index contributed by atoms with van der Waals surface area (Å²) in [6.07, 6.45) is -4.42. The molecule has 6 aliphatic heterocycles. The van der Waals surface area contributed by atoms with Gasteiger partial charge in [-0.2, -0.15) is 0 Å². The number of carbonyl (C=O) groups is 8. The highest BCUT2D eigenvalue weighted by molar-refractivity contribution is 7.99. The molecule has 2 fully saturated rings. The zero-order valence-electron chi connectivity index (χ0n) is 55.5. The molecule has 92 heavy (non-hydrogen) atoms. The largest absolute Gasteiger partial charge is 0.463 e. The lowest BCUT2D eigenvalue weighted by Crippen LogP contribution is -2.61. The number of carbonyl (C=O) groups excluding carboxylic acids is 8. The second-order valence-electron chi connectivity index (χ2n) is 24.8. The number of imide groups is 1. The van der Waals surface area contributed by atoms with E-state index in [-0.39, 0.29) is 57.8 Å².